The maximum Gasteiger partial charge on any atom is 0.161 e. The molecule has 5 nitrogen and oxygen atoms in total. The van der Waals surface area contributed by atoms with Crippen LogP contribution in [0, 0.1) is 0 Å². The molecule has 1 heterocycles. The van der Waals surface area contributed by atoms with Crippen molar-refractivity contribution in [2.45, 2.75) is 0 Å². The van der Waals surface area contributed by atoms with E-state index in [4.69, 9.17) is 4.74 Å². The lowest BCUT2D eigenvalue weighted by Gasteiger charge is -2.38. The average Bonchev–Trinajstić information content (AvgIpc) is 2.08. The van der Waals surface area contributed by atoms with Crippen molar-refractivity contribution in [2.24, 2.45) is 0 Å². The van der Waals surface area contributed by atoms with Gasteiger partial charge in [-0.05, 0) is 0 Å². The Labute approximate surface area is 78.8 Å². The number of ether oxygens (including phenoxy) is 1. The molecule has 1 fully saturated rings. The molecule has 0 unspecified atom stereocenters. The SMILES string of the molecule is COCC[N+]1(O)CC[N+](C)(O)CC1. The molecule has 1 aliphatic rings. The second-order valence-electron chi connectivity index (χ2n) is 4.04. The minimum Gasteiger partial charge on any atom is -0.379 e. The van der Waals surface area contributed by atoms with Gasteiger partial charge >= 0.3 is 0 Å². The van der Waals surface area contributed by atoms with Gasteiger partial charge in [-0.3, -0.25) is 0 Å². The summed E-state index contributed by atoms with van der Waals surface area (Å²) in [5.74, 6) is 0. The summed E-state index contributed by atoms with van der Waals surface area (Å²) < 4.78 is 4.97. The summed E-state index contributed by atoms with van der Waals surface area (Å²) in [4.78, 5) is 0. The molecule has 1 rings (SSSR count). The van der Waals surface area contributed by atoms with Gasteiger partial charge in [-0.2, -0.15) is 9.29 Å². The lowest BCUT2D eigenvalue weighted by molar-refractivity contribution is -1.18. The number of methoxy groups -OCH3 is 1. The fourth-order valence-electron chi connectivity index (χ4n) is 1.51. The second kappa shape index (κ2) is 3.89. The van der Waals surface area contributed by atoms with Crippen LogP contribution in [0.3, 0.4) is 0 Å². The maximum absolute atomic E-state index is 9.97. The molecule has 1 saturated heterocycles. The normalized spacial score (nSPS) is 40.6. The van der Waals surface area contributed by atoms with Gasteiger partial charge in [-0.1, -0.05) is 0 Å². The Kier molecular flexibility index (Phi) is 3.26. The molecule has 0 aromatic heterocycles. The standard InChI is InChI=1S/C8H20N2O3/c1-9(11)3-5-10(12,6-4-9)7-8-13-2/h11-12H,3-8H2,1-2H3/q+2. The molecule has 0 bridgehead atoms. The van der Waals surface area contributed by atoms with Crippen LogP contribution in [0.25, 0.3) is 0 Å². The first-order valence-electron chi connectivity index (χ1n) is 4.63. The number of hydrogen-bond donors (Lipinski definition) is 2. The third kappa shape index (κ3) is 3.21. The van der Waals surface area contributed by atoms with E-state index in [0.29, 0.717) is 39.3 Å². The van der Waals surface area contributed by atoms with Crippen LogP contribution in [0.2, 0.25) is 0 Å². The van der Waals surface area contributed by atoms with Crippen molar-refractivity contribution in [2.75, 3.05) is 53.5 Å². The third-order valence-electron chi connectivity index (χ3n) is 2.71. The van der Waals surface area contributed by atoms with Crippen molar-refractivity contribution >= 4 is 0 Å². The number of piperazine rings is 1. The minimum atomic E-state index is 0.0214. The van der Waals surface area contributed by atoms with E-state index in [-0.39, 0.29) is 9.29 Å². The summed E-state index contributed by atoms with van der Waals surface area (Å²) in [6, 6.07) is 0. The lowest BCUT2D eigenvalue weighted by atomic mass is 10.3. The highest BCUT2D eigenvalue weighted by Gasteiger charge is 2.38. The van der Waals surface area contributed by atoms with Crippen LogP contribution in [0.1, 0.15) is 0 Å². The largest absolute Gasteiger partial charge is 0.379 e. The van der Waals surface area contributed by atoms with Gasteiger partial charge in [0.05, 0.1) is 13.7 Å². The van der Waals surface area contributed by atoms with Crippen LogP contribution < -0.4 is 0 Å². The molecule has 2 N–H and O–H groups in total. The zero-order valence-electron chi connectivity index (χ0n) is 8.44. The number of quaternary nitrogens is 2. The summed E-state index contributed by atoms with van der Waals surface area (Å²) in [5.41, 5.74) is 0. The van der Waals surface area contributed by atoms with Crippen molar-refractivity contribution in [3.8, 4) is 0 Å². The highest BCUT2D eigenvalue weighted by Crippen LogP contribution is 2.12. The van der Waals surface area contributed by atoms with Crippen LogP contribution in [0.15, 0.2) is 0 Å². The van der Waals surface area contributed by atoms with Crippen molar-refractivity contribution in [3.63, 3.8) is 0 Å². The quantitative estimate of drug-likeness (QED) is 0.603. The van der Waals surface area contributed by atoms with Gasteiger partial charge in [0.15, 0.2) is 26.2 Å². The van der Waals surface area contributed by atoms with Crippen LogP contribution in [-0.4, -0.2) is 73.2 Å². The fourth-order valence-corrected chi connectivity index (χ4v) is 1.51. The summed E-state index contributed by atoms with van der Waals surface area (Å²) in [6.45, 7) is 3.55. The number of hydrogen-bond acceptors (Lipinski definition) is 3. The van der Waals surface area contributed by atoms with Gasteiger partial charge in [0.2, 0.25) is 0 Å². The smallest absolute Gasteiger partial charge is 0.161 e. The fraction of sp³-hybridized carbons (Fsp3) is 1.00. The predicted molar refractivity (Wildman–Crippen MR) is 46.2 cm³/mol. The van der Waals surface area contributed by atoms with E-state index in [1.54, 1.807) is 14.2 Å². The Morgan fingerprint density at radius 1 is 1.15 bits per heavy atom. The average molecular weight is 192 g/mol. The van der Waals surface area contributed by atoms with Crippen LogP contribution in [0.4, 0.5) is 0 Å². The Morgan fingerprint density at radius 3 is 2.15 bits per heavy atom. The first-order chi connectivity index (χ1) is 5.97. The van der Waals surface area contributed by atoms with Gasteiger partial charge in [-0.25, -0.2) is 10.4 Å². The molecule has 0 radical (unpaired) electrons. The molecular formula is C8H20N2O3+2. The van der Waals surface area contributed by atoms with Crippen molar-refractivity contribution < 1.29 is 24.4 Å². The molecule has 0 aliphatic carbocycles. The number of hydroxylamine groups is 6. The van der Waals surface area contributed by atoms with E-state index in [9.17, 15) is 10.4 Å². The Balaban J connectivity index is 2.37. The van der Waals surface area contributed by atoms with Gasteiger partial charge < -0.3 is 4.74 Å². The molecule has 0 spiro atoms. The number of rotatable bonds is 3. The summed E-state index contributed by atoms with van der Waals surface area (Å²) in [6.07, 6.45) is 0. The molecule has 5 heteroatoms. The van der Waals surface area contributed by atoms with Crippen LogP contribution >= 0.6 is 0 Å². The van der Waals surface area contributed by atoms with E-state index >= 15 is 0 Å². The second-order valence-corrected chi connectivity index (χ2v) is 4.04. The van der Waals surface area contributed by atoms with Crippen LogP contribution in [0.5, 0.6) is 0 Å². The van der Waals surface area contributed by atoms with Crippen molar-refractivity contribution in [3.05, 3.63) is 0 Å². The van der Waals surface area contributed by atoms with E-state index in [1.807, 2.05) is 0 Å². The van der Waals surface area contributed by atoms with Crippen molar-refractivity contribution in [1.82, 2.24) is 0 Å². The van der Waals surface area contributed by atoms with Gasteiger partial charge in [0.25, 0.3) is 0 Å². The molecule has 78 valence electrons. The lowest BCUT2D eigenvalue weighted by Crippen LogP contribution is -2.63. The van der Waals surface area contributed by atoms with Gasteiger partial charge in [0, 0.05) is 7.11 Å². The summed E-state index contributed by atoms with van der Waals surface area (Å²) in [5, 5.41) is 19.6. The molecule has 0 aromatic carbocycles. The molecule has 0 amide bonds. The van der Waals surface area contributed by atoms with Crippen LogP contribution in [-0.2, 0) is 4.74 Å². The first kappa shape index (κ1) is 10.9. The molecule has 0 aromatic rings. The Bertz CT molecular complexity index is 163. The van der Waals surface area contributed by atoms with E-state index in [2.05, 4.69) is 0 Å². The molecular weight excluding hydrogens is 172 g/mol. The monoisotopic (exact) mass is 192 g/mol. The topological polar surface area (TPSA) is 49.7 Å². The zero-order chi connectivity index (χ0) is 9.95. The van der Waals surface area contributed by atoms with Gasteiger partial charge in [0.1, 0.15) is 6.54 Å². The molecule has 0 atom stereocenters. The first-order valence-corrected chi connectivity index (χ1v) is 4.63. The molecule has 0 saturated carbocycles. The molecule has 13 heavy (non-hydrogen) atoms. The van der Waals surface area contributed by atoms with E-state index < -0.39 is 0 Å². The summed E-state index contributed by atoms with van der Waals surface area (Å²) >= 11 is 0. The highest BCUT2D eigenvalue weighted by molar-refractivity contribution is 4.43. The predicted octanol–water partition coefficient (Wildman–Crippen LogP) is -0.312. The van der Waals surface area contributed by atoms with Gasteiger partial charge in [-0.15, -0.1) is 0 Å². The van der Waals surface area contributed by atoms with E-state index in [1.165, 1.54) is 0 Å². The van der Waals surface area contributed by atoms with E-state index in [0.717, 1.165) is 0 Å². The third-order valence-corrected chi connectivity index (χ3v) is 2.71. The molecule has 1 aliphatic heterocycles. The van der Waals surface area contributed by atoms with Crippen molar-refractivity contribution in [1.29, 1.82) is 0 Å². The maximum atomic E-state index is 9.97. The summed E-state index contributed by atoms with van der Waals surface area (Å²) in [7, 11) is 3.39. The minimum absolute atomic E-state index is 0.0214. The zero-order valence-corrected chi connectivity index (χ0v) is 8.44. The Morgan fingerprint density at radius 2 is 1.69 bits per heavy atom. The number of nitrogens with zero attached hydrogens (tertiary/aromatic N) is 2. The Hall–Kier alpha value is -0.200. The number of likely N-dealkylation sites (N-methyl/N-ethyl adjacent to an activating group) is 1. The highest BCUT2D eigenvalue weighted by atomic mass is 16.6.